The van der Waals surface area contributed by atoms with E-state index >= 15 is 0 Å². The maximum Gasteiger partial charge on any atom is 0.408 e. The van der Waals surface area contributed by atoms with Crippen LogP contribution in [0.25, 0.3) is 0 Å². The number of alkyl carbamates (subject to hydrolysis) is 1. The number of esters is 1. The molecule has 1 atom stereocenters. The van der Waals surface area contributed by atoms with Gasteiger partial charge in [0.2, 0.25) is 0 Å². The highest BCUT2D eigenvalue weighted by Crippen LogP contribution is 2.08. The Labute approximate surface area is 183 Å². The van der Waals surface area contributed by atoms with E-state index in [4.69, 9.17) is 4.74 Å². The molecule has 30 heavy (non-hydrogen) atoms. The number of carbonyl (C=O) groups is 2. The van der Waals surface area contributed by atoms with Gasteiger partial charge in [-0.25, -0.2) is 9.59 Å². The fourth-order valence-electron chi connectivity index (χ4n) is 1.68. The van der Waals surface area contributed by atoms with Crippen LogP contribution in [0.15, 0.2) is 41.1 Å². The van der Waals surface area contributed by atoms with Crippen molar-refractivity contribution in [1.29, 1.82) is 0 Å². The summed E-state index contributed by atoms with van der Waals surface area (Å²) in [6, 6.07) is -0.875. The van der Waals surface area contributed by atoms with E-state index in [1.54, 1.807) is 20.8 Å². The van der Waals surface area contributed by atoms with E-state index in [1.807, 2.05) is 40.7 Å². The number of aliphatic imine (C=N–C) groups is 1. The zero-order chi connectivity index (χ0) is 24.2. The lowest BCUT2D eigenvalue weighted by Gasteiger charge is -2.23. The third kappa shape index (κ3) is 21.7. The standard InChI is InChI=1S/C14H25N3O4.C7H12.C2H6/c1-7-15-9-16-10(2)8-11(12(18)20-6)17-13(19)21-14(3,4)5;1-4-6-7(3)5-2;1-2/h9,11H,2,7-8H2,1,3-6H3,(H,15,16)(H,17,19);4-6H,1-3H3;1-2H3/b;6-4-,7-5-;. The van der Waals surface area contributed by atoms with E-state index < -0.39 is 23.7 Å². The monoisotopic (exact) mass is 425 g/mol. The van der Waals surface area contributed by atoms with Crippen molar-refractivity contribution < 1.29 is 19.1 Å². The summed E-state index contributed by atoms with van der Waals surface area (Å²) in [5.74, 6) is -0.573. The number of nitrogens with zero attached hydrogens (tertiary/aromatic N) is 1. The third-order valence-electron chi connectivity index (χ3n) is 3.05. The predicted octanol–water partition coefficient (Wildman–Crippen LogP) is 5.15. The molecule has 0 aliphatic rings. The molecular weight excluding hydrogens is 382 g/mol. The zero-order valence-corrected chi connectivity index (χ0v) is 20.6. The van der Waals surface area contributed by atoms with Gasteiger partial charge in [0.25, 0.3) is 0 Å². The second kappa shape index (κ2) is 19.7. The summed E-state index contributed by atoms with van der Waals surface area (Å²) in [5, 5.41) is 5.29. The maximum atomic E-state index is 11.7. The quantitative estimate of drug-likeness (QED) is 0.243. The van der Waals surface area contributed by atoms with E-state index in [9.17, 15) is 9.59 Å². The minimum Gasteiger partial charge on any atom is -0.467 e. The van der Waals surface area contributed by atoms with Crippen LogP contribution in [0.1, 0.15) is 68.7 Å². The first-order chi connectivity index (χ1) is 14.0. The normalized spacial score (nSPS) is 12.1. The van der Waals surface area contributed by atoms with Gasteiger partial charge in [-0.3, -0.25) is 4.99 Å². The van der Waals surface area contributed by atoms with Crippen LogP contribution in [0.4, 0.5) is 4.79 Å². The van der Waals surface area contributed by atoms with Crippen LogP contribution in [0.3, 0.4) is 0 Å². The van der Waals surface area contributed by atoms with E-state index in [1.165, 1.54) is 19.0 Å². The van der Waals surface area contributed by atoms with Gasteiger partial charge < -0.3 is 20.1 Å². The number of allylic oxidation sites excluding steroid dienone is 4. The molecule has 0 heterocycles. The first-order valence-corrected chi connectivity index (χ1v) is 10.3. The zero-order valence-electron chi connectivity index (χ0n) is 20.6. The first-order valence-electron chi connectivity index (χ1n) is 10.3. The lowest BCUT2D eigenvalue weighted by molar-refractivity contribution is -0.143. The molecule has 0 aromatic rings. The average molecular weight is 426 g/mol. The Balaban J connectivity index is -0.000000680. The number of carbonyl (C=O) groups excluding carboxylic acids is 2. The van der Waals surface area contributed by atoms with Crippen molar-refractivity contribution in [1.82, 2.24) is 10.6 Å². The molecule has 174 valence electrons. The molecule has 0 aromatic carbocycles. The average Bonchev–Trinajstić information content (AvgIpc) is 2.67. The summed E-state index contributed by atoms with van der Waals surface area (Å²) >= 11 is 0. The number of nitrogens with one attached hydrogen (secondary N) is 2. The van der Waals surface area contributed by atoms with Gasteiger partial charge in [-0.05, 0) is 48.5 Å². The van der Waals surface area contributed by atoms with Crippen LogP contribution in [-0.2, 0) is 14.3 Å². The number of hydrogen-bond donors (Lipinski definition) is 2. The summed E-state index contributed by atoms with van der Waals surface area (Å²) in [4.78, 5) is 27.4. The Morgan fingerprint density at radius 2 is 1.77 bits per heavy atom. The van der Waals surface area contributed by atoms with Crippen LogP contribution in [-0.4, -0.2) is 43.7 Å². The predicted molar refractivity (Wildman–Crippen MR) is 127 cm³/mol. The summed E-state index contributed by atoms with van der Waals surface area (Å²) < 4.78 is 9.77. The fourth-order valence-corrected chi connectivity index (χ4v) is 1.68. The first kappa shape index (κ1) is 32.1. The van der Waals surface area contributed by atoms with Crippen LogP contribution >= 0.6 is 0 Å². The number of amides is 1. The van der Waals surface area contributed by atoms with Crippen molar-refractivity contribution in [3.05, 3.63) is 36.1 Å². The SMILES string of the molecule is C/C=C\C(C)=C/C.C=C(CC(NC(=O)OC(C)(C)C)C(=O)OC)NC=NCC.CC. The highest BCUT2D eigenvalue weighted by atomic mass is 16.6. The Morgan fingerprint density at radius 1 is 1.20 bits per heavy atom. The molecule has 0 saturated carbocycles. The molecule has 2 N–H and O–H groups in total. The molecule has 1 amide bonds. The summed E-state index contributed by atoms with van der Waals surface area (Å²) in [6.45, 7) is 21.6. The Morgan fingerprint density at radius 3 is 2.13 bits per heavy atom. The Hall–Kier alpha value is -2.57. The van der Waals surface area contributed by atoms with E-state index in [0.717, 1.165) is 0 Å². The minimum absolute atomic E-state index is 0.168. The van der Waals surface area contributed by atoms with Crippen molar-refractivity contribution in [2.75, 3.05) is 13.7 Å². The van der Waals surface area contributed by atoms with Gasteiger partial charge in [0, 0.05) is 18.7 Å². The second-order valence-corrected chi connectivity index (χ2v) is 6.83. The fraction of sp³-hybridized carbons (Fsp3) is 0.609. The Bertz CT molecular complexity index is 573. The number of hydrogen-bond acceptors (Lipinski definition) is 5. The largest absolute Gasteiger partial charge is 0.467 e. The highest BCUT2D eigenvalue weighted by molar-refractivity contribution is 5.81. The molecule has 0 aliphatic carbocycles. The van der Waals surface area contributed by atoms with Gasteiger partial charge in [-0.15, -0.1) is 0 Å². The van der Waals surface area contributed by atoms with E-state index in [2.05, 4.69) is 46.0 Å². The van der Waals surface area contributed by atoms with Gasteiger partial charge in [0.05, 0.1) is 13.4 Å². The molecule has 0 bridgehead atoms. The molecule has 0 aromatic heterocycles. The summed E-state index contributed by atoms with van der Waals surface area (Å²) in [7, 11) is 1.25. The van der Waals surface area contributed by atoms with Gasteiger partial charge in [-0.1, -0.05) is 44.2 Å². The number of ether oxygens (including phenoxy) is 2. The molecular formula is C23H43N3O4. The molecule has 7 heteroatoms. The Kier molecular flexibility index (Phi) is 21.1. The molecule has 0 spiro atoms. The van der Waals surface area contributed by atoms with Gasteiger partial charge in [0.15, 0.2) is 0 Å². The highest BCUT2D eigenvalue weighted by Gasteiger charge is 2.25. The molecule has 0 fully saturated rings. The number of methoxy groups -OCH3 is 1. The van der Waals surface area contributed by atoms with Crippen molar-refractivity contribution >= 4 is 18.4 Å². The van der Waals surface area contributed by atoms with E-state index in [0.29, 0.717) is 12.2 Å². The van der Waals surface area contributed by atoms with Crippen molar-refractivity contribution in [3.8, 4) is 0 Å². The minimum atomic E-state index is -0.875. The lowest BCUT2D eigenvalue weighted by Crippen LogP contribution is -2.44. The summed E-state index contributed by atoms with van der Waals surface area (Å²) in [5.41, 5.74) is 1.20. The smallest absolute Gasteiger partial charge is 0.408 e. The topological polar surface area (TPSA) is 89.0 Å². The molecule has 0 saturated heterocycles. The third-order valence-corrected chi connectivity index (χ3v) is 3.05. The molecule has 0 aliphatic heterocycles. The molecule has 0 rings (SSSR count). The summed E-state index contributed by atoms with van der Waals surface area (Å²) in [6.07, 6.45) is 7.18. The van der Waals surface area contributed by atoms with E-state index in [-0.39, 0.29) is 6.42 Å². The van der Waals surface area contributed by atoms with Gasteiger partial charge >= 0.3 is 12.1 Å². The second-order valence-electron chi connectivity index (χ2n) is 6.83. The van der Waals surface area contributed by atoms with Crippen LogP contribution in [0.5, 0.6) is 0 Å². The molecule has 7 nitrogen and oxygen atoms in total. The lowest BCUT2D eigenvalue weighted by atomic mass is 10.1. The van der Waals surface area contributed by atoms with Gasteiger partial charge in [0.1, 0.15) is 11.6 Å². The van der Waals surface area contributed by atoms with Crippen molar-refractivity contribution in [2.24, 2.45) is 4.99 Å². The van der Waals surface area contributed by atoms with Crippen LogP contribution in [0, 0.1) is 0 Å². The molecule has 1 unspecified atom stereocenters. The van der Waals surface area contributed by atoms with Crippen molar-refractivity contribution in [2.45, 2.75) is 80.4 Å². The number of rotatable bonds is 8. The van der Waals surface area contributed by atoms with Gasteiger partial charge in [-0.2, -0.15) is 0 Å². The van der Waals surface area contributed by atoms with Crippen LogP contribution in [0.2, 0.25) is 0 Å². The van der Waals surface area contributed by atoms with Crippen molar-refractivity contribution in [3.63, 3.8) is 0 Å². The molecule has 0 radical (unpaired) electrons. The maximum absolute atomic E-state index is 11.7. The van der Waals surface area contributed by atoms with Crippen LogP contribution < -0.4 is 10.6 Å².